The molecule has 1 unspecified atom stereocenters. The fourth-order valence-corrected chi connectivity index (χ4v) is 4.23. The van der Waals surface area contributed by atoms with Crippen molar-refractivity contribution in [3.05, 3.63) is 62.7 Å². The van der Waals surface area contributed by atoms with Gasteiger partial charge in [-0.1, -0.05) is 30.7 Å². The van der Waals surface area contributed by atoms with Crippen LogP contribution in [-0.4, -0.2) is 22.0 Å². The minimum Gasteiger partial charge on any atom is -0.340 e. The zero-order valence-corrected chi connectivity index (χ0v) is 17.2. The van der Waals surface area contributed by atoms with E-state index in [0.717, 1.165) is 28.4 Å². The Hall–Kier alpha value is -2.15. The number of hydrogen-bond acceptors (Lipinski definition) is 4. The van der Waals surface area contributed by atoms with Crippen molar-refractivity contribution >= 4 is 28.8 Å². The predicted molar refractivity (Wildman–Crippen MR) is 111 cm³/mol. The van der Waals surface area contributed by atoms with Crippen LogP contribution in [0.2, 0.25) is 5.02 Å². The highest BCUT2D eigenvalue weighted by Gasteiger charge is 2.21. The van der Waals surface area contributed by atoms with Gasteiger partial charge in [0.05, 0.1) is 11.7 Å². The first-order valence-electron chi connectivity index (χ1n) is 8.83. The van der Waals surface area contributed by atoms with Crippen LogP contribution in [-0.2, 0) is 13.5 Å². The molecule has 0 aliphatic rings. The van der Waals surface area contributed by atoms with Crippen LogP contribution < -0.4 is 11.1 Å². The molecule has 0 spiro atoms. The van der Waals surface area contributed by atoms with E-state index in [0.29, 0.717) is 17.3 Å². The van der Waals surface area contributed by atoms with Gasteiger partial charge in [0, 0.05) is 29.2 Å². The van der Waals surface area contributed by atoms with Gasteiger partial charge in [-0.15, -0.1) is 11.3 Å². The molecule has 0 bridgehead atoms. The van der Waals surface area contributed by atoms with Gasteiger partial charge in [-0.25, -0.2) is 4.98 Å². The van der Waals surface area contributed by atoms with Crippen LogP contribution >= 0.6 is 22.9 Å². The number of rotatable bonds is 6. The minimum atomic E-state index is -0.296. The molecule has 2 heterocycles. The van der Waals surface area contributed by atoms with Crippen molar-refractivity contribution in [1.82, 2.24) is 14.9 Å². The highest BCUT2D eigenvalue weighted by Crippen LogP contribution is 2.26. The van der Waals surface area contributed by atoms with E-state index in [1.54, 1.807) is 11.3 Å². The maximum atomic E-state index is 12.8. The normalized spacial score (nSPS) is 12.2. The molecule has 1 amide bonds. The summed E-state index contributed by atoms with van der Waals surface area (Å²) >= 11 is 7.57. The van der Waals surface area contributed by atoms with Gasteiger partial charge in [0.2, 0.25) is 0 Å². The summed E-state index contributed by atoms with van der Waals surface area (Å²) in [5, 5.41) is 4.56. The molecule has 3 N–H and O–H groups in total. The smallest absolute Gasteiger partial charge is 0.268 e. The summed E-state index contributed by atoms with van der Waals surface area (Å²) in [6.07, 6.45) is 0.928. The van der Waals surface area contributed by atoms with E-state index in [2.05, 4.69) is 17.2 Å². The van der Waals surface area contributed by atoms with E-state index in [1.165, 1.54) is 4.88 Å². The fourth-order valence-electron chi connectivity index (χ4n) is 3.03. The molecular weight excluding hydrogens is 380 g/mol. The van der Waals surface area contributed by atoms with Crippen molar-refractivity contribution in [3.63, 3.8) is 0 Å². The monoisotopic (exact) mass is 402 g/mol. The van der Waals surface area contributed by atoms with E-state index < -0.39 is 0 Å². The number of nitrogens with two attached hydrogens (primary N) is 1. The highest BCUT2D eigenvalue weighted by molar-refractivity contribution is 7.11. The third kappa shape index (κ3) is 4.08. The molecule has 0 radical (unpaired) electrons. The summed E-state index contributed by atoms with van der Waals surface area (Å²) in [7, 11) is 1.87. The van der Waals surface area contributed by atoms with Gasteiger partial charge in [-0.2, -0.15) is 0 Å². The lowest BCUT2D eigenvalue weighted by molar-refractivity contribution is 0.0929. The zero-order valence-electron chi connectivity index (χ0n) is 15.6. The predicted octanol–water partition coefficient (Wildman–Crippen LogP) is 4.10. The highest BCUT2D eigenvalue weighted by atomic mass is 35.5. The Morgan fingerprint density at radius 2 is 2.00 bits per heavy atom. The van der Waals surface area contributed by atoms with Gasteiger partial charge >= 0.3 is 0 Å². The van der Waals surface area contributed by atoms with Crippen molar-refractivity contribution in [2.75, 3.05) is 6.54 Å². The second-order valence-electron chi connectivity index (χ2n) is 6.35. The Bertz CT molecular complexity index is 946. The molecular formula is C20H23ClN4OS. The SMILES string of the molecule is CCc1sc(C(CN)NC(=O)c2ccc(-c3ccc(Cl)cc3)n2C)nc1C. The van der Waals surface area contributed by atoms with E-state index in [-0.39, 0.29) is 11.9 Å². The number of hydrogen-bond donors (Lipinski definition) is 2. The van der Waals surface area contributed by atoms with Crippen LogP contribution in [0.15, 0.2) is 36.4 Å². The largest absolute Gasteiger partial charge is 0.340 e. The van der Waals surface area contributed by atoms with Crippen molar-refractivity contribution < 1.29 is 4.79 Å². The summed E-state index contributed by atoms with van der Waals surface area (Å²) in [4.78, 5) is 18.6. The Kier molecular flexibility index (Phi) is 5.99. The number of benzene rings is 1. The topological polar surface area (TPSA) is 72.9 Å². The third-order valence-electron chi connectivity index (χ3n) is 4.56. The van der Waals surface area contributed by atoms with Crippen molar-refractivity contribution in [2.45, 2.75) is 26.3 Å². The number of carbonyl (C=O) groups is 1. The lowest BCUT2D eigenvalue weighted by Gasteiger charge is -2.15. The number of thiazole rings is 1. The number of amides is 1. The second-order valence-corrected chi connectivity index (χ2v) is 7.90. The lowest BCUT2D eigenvalue weighted by atomic mass is 10.1. The average molecular weight is 403 g/mol. The van der Waals surface area contributed by atoms with Crippen LogP contribution in [0, 0.1) is 6.92 Å². The Balaban J connectivity index is 1.82. The average Bonchev–Trinajstić information content (AvgIpc) is 3.23. The van der Waals surface area contributed by atoms with Gasteiger partial charge in [0.25, 0.3) is 5.91 Å². The molecule has 7 heteroatoms. The quantitative estimate of drug-likeness (QED) is 0.651. The van der Waals surface area contributed by atoms with Crippen LogP contribution in [0.3, 0.4) is 0 Å². The van der Waals surface area contributed by atoms with Crippen LogP contribution in [0.1, 0.15) is 39.0 Å². The van der Waals surface area contributed by atoms with Crippen molar-refractivity contribution in [3.8, 4) is 11.3 Å². The molecule has 27 heavy (non-hydrogen) atoms. The summed E-state index contributed by atoms with van der Waals surface area (Å²) in [5.41, 5.74) is 9.44. The zero-order chi connectivity index (χ0) is 19.6. The number of nitrogens with one attached hydrogen (secondary N) is 1. The number of carbonyl (C=O) groups excluding carboxylic acids is 1. The molecule has 0 saturated heterocycles. The van der Waals surface area contributed by atoms with E-state index in [4.69, 9.17) is 17.3 Å². The molecule has 5 nitrogen and oxygen atoms in total. The van der Waals surface area contributed by atoms with Crippen LogP contribution in [0.5, 0.6) is 0 Å². The molecule has 3 aromatic rings. The fraction of sp³-hybridized carbons (Fsp3) is 0.300. The van der Waals surface area contributed by atoms with Gasteiger partial charge in [0.1, 0.15) is 10.7 Å². The standard InChI is InChI=1S/C20H23ClN4OS/c1-4-18-12(2)23-20(27-18)15(11-22)24-19(26)17-10-9-16(25(17)3)13-5-7-14(21)8-6-13/h5-10,15H,4,11,22H2,1-3H3,(H,24,26). The van der Waals surface area contributed by atoms with Crippen molar-refractivity contribution in [1.29, 1.82) is 0 Å². The summed E-state index contributed by atoms with van der Waals surface area (Å²) in [6, 6.07) is 11.0. The maximum Gasteiger partial charge on any atom is 0.268 e. The molecule has 0 fully saturated rings. The molecule has 142 valence electrons. The first kappa shape index (κ1) is 19.6. The minimum absolute atomic E-state index is 0.168. The molecule has 3 rings (SSSR count). The number of aromatic nitrogens is 2. The van der Waals surface area contributed by atoms with E-state index in [1.807, 2.05) is 54.9 Å². The maximum absolute atomic E-state index is 12.8. The summed E-state index contributed by atoms with van der Waals surface area (Å²) in [5.74, 6) is -0.168. The number of aryl methyl sites for hydroxylation is 2. The Morgan fingerprint density at radius 1 is 1.30 bits per heavy atom. The van der Waals surface area contributed by atoms with Gasteiger partial charge < -0.3 is 15.6 Å². The third-order valence-corrected chi connectivity index (χ3v) is 6.23. The summed E-state index contributed by atoms with van der Waals surface area (Å²) < 4.78 is 1.87. The molecule has 0 aliphatic heterocycles. The molecule has 0 aliphatic carbocycles. The number of nitrogens with zero attached hydrogens (tertiary/aromatic N) is 2. The second kappa shape index (κ2) is 8.25. The Labute approximate surface area is 168 Å². The number of halogens is 1. The molecule has 1 aromatic carbocycles. The molecule has 1 atom stereocenters. The molecule has 2 aromatic heterocycles. The lowest BCUT2D eigenvalue weighted by Crippen LogP contribution is -2.34. The van der Waals surface area contributed by atoms with E-state index in [9.17, 15) is 4.79 Å². The van der Waals surface area contributed by atoms with Crippen molar-refractivity contribution in [2.24, 2.45) is 12.8 Å². The first-order chi connectivity index (χ1) is 12.9. The van der Waals surface area contributed by atoms with E-state index >= 15 is 0 Å². The van der Waals surface area contributed by atoms with Gasteiger partial charge in [-0.3, -0.25) is 4.79 Å². The molecule has 0 saturated carbocycles. The first-order valence-corrected chi connectivity index (χ1v) is 10.0. The van der Waals surface area contributed by atoms with Crippen LogP contribution in [0.25, 0.3) is 11.3 Å². The Morgan fingerprint density at radius 3 is 2.59 bits per heavy atom. The van der Waals surface area contributed by atoms with Gasteiger partial charge in [-0.05, 0) is 43.2 Å². The van der Waals surface area contributed by atoms with Crippen LogP contribution in [0.4, 0.5) is 0 Å². The van der Waals surface area contributed by atoms with Gasteiger partial charge in [0.15, 0.2) is 0 Å². The summed E-state index contributed by atoms with van der Waals surface area (Å²) in [6.45, 7) is 4.39.